The van der Waals surface area contributed by atoms with Crippen molar-refractivity contribution in [2.75, 3.05) is 6.54 Å². The predicted octanol–water partition coefficient (Wildman–Crippen LogP) is -0.444. The van der Waals surface area contributed by atoms with Crippen molar-refractivity contribution in [2.24, 2.45) is 0 Å². The number of hydrogen-bond acceptors (Lipinski definition) is 3. The van der Waals surface area contributed by atoms with Crippen molar-refractivity contribution < 1.29 is 19.5 Å². The first-order chi connectivity index (χ1) is 5.52. The molecule has 2 N–H and O–H groups in total. The number of carboxylic acid groups (broad SMARTS) is 1. The van der Waals surface area contributed by atoms with E-state index < -0.39 is 12.4 Å². The van der Waals surface area contributed by atoms with Crippen molar-refractivity contribution in [1.82, 2.24) is 5.32 Å². The van der Waals surface area contributed by atoms with E-state index in [2.05, 4.69) is 5.32 Å². The van der Waals surface area contributed by atoms with Crippen molar-refractivity contribution in [3.63, 3.8) is 0 Å². The summed E-state index contributed by atoms with van der Waals surface area (Å²) in [5.41, 5.74) is 0. The molecule has 0 aromatic rings. The highest BCUT2D eigenvalue weighted by Crippen LogP contribution is 1.88. The number of carboxylic acids is 1. The van der Waals surface area contributed by atoms with Crippen LogP contribution in [0.5, 0.6) is 0 Å². The Bertz CT molecular complexity index is 200. The summed E-state index contributed by atoms with van der Waals surface area (Å²) in [5.74, 6) is -1.74. The lowest BCUT2D eigenvalue weighted by Crippen LogP contribution is -2.23. The Hall–Kier alpha value is -1.39. The highest BCUT2D eigenvalue weighted by Gasteiger charge is 2.06. The molecule has 1 amide bonds. The number of Topliss-reactive ketones (excluding diaryl/α,β-unsaturated/α-hetero) is 1. The van der Waals surface area contributed by atoms with Crippen LogP contribution in [0.2, 0.25) is 0 Å². The highest BCUT2D eigenvalue weighted by molar-refractivity contribution is 5.94. The molecule has 0 fully saturated rings. The molecule has 12 heavy (non-hydrogen) atoms. The summed E-state index contributed by atoms with van der Waals surface area (Å²) >= 11 is 0. The van der Waals surface area contributed by atoms with Crippen molar-refractivity contribution in [3.8, 4) is 0 Å². The van der Waals surface area contributed by atoms with Crippen molar-refractivity contribution in [3.05, 3.63) is 0 Å². The number of amides is 1. The summed E-state index contributed by atoms with van der Waals surface area (Å²) < 4.78 is 0. The quantitative estimate of drug-likeness (QED) is 0.552. The molecule has 0 aliphatic heterocycles. The average molecular weight is 173 g/mol. The molecular weight excluding hydrogens is 162 g/mol. The van der Waals surface area contributed by atoms with Crippen LogP contribution >= 0.6 is 0 Å². The monoisotopic (exact) mass is 173 g/mol. The summed E-state index contributed by atoms with van der Waals surface area (Å²) in [6, 6.07) is 0. The van der Waals surface area contributed by atoms with Crippen molar-refractivity contribution in [1.29, 1.82) is 0 Å². The summed E-state index contributed by atoms with van der Waals surface area (Å²) in [5, 5.41) is 10.6. The van der Waals surface area contributed by atoms with Crippen molar-refractivity contribution in [2.45, 2.75) is 19.8 Å². The van der Waals surface area contributed by atoms with E-state index in [-0.39, 0.29) is 24.7 Å². The first kappa shape index (κ1) is 10.6. The molecule has 0 spiro atoms. The first-order valence-electron chi connectivity index (χ1n) is 3.50. The van der Waals surface area contributed by atoms with E-state index in [0.29, 0.717) is 0 Å². The second-order valence-corrected chi connectivity index (χ2v) is 2.34. The number of nitrogens with one attached hydrogen (secondary N) is 1. The van der Waals surface area contributed by atoms with Crippen LogP contribution in [0.1, 0.15) is 19.8 Å². The maximum atomic E-state index is 10.7. The molecule has 0 bridgehead atoms. The topological polar surface area (TPSA) is 83.5 Å². The van der Waals surface area contributed by atoms with Crippen LogP contribution in [-0.4, -0.2) is 29.3 Å². The molecule has 0 saturated carbocycles. The van der Waals surface area contributed by atoms with Gasteiger partial charge in [-0.05, 0) is 0 Å². The average Bonchev–Trinajstić information content (AvgIpc) is 1.84. The second kappa shape index (κ2) is 5.29. The fourth-order valence-electron chi connectivity index (χ4n) is 0.635. The Morgan fingerprint density at radius 3 is 2.33 bits per heavy atom. The molecule has 68 valence electrons. The highest BCUT2D eigenvalue weighted by atomic mass is 16.4. The molecule has 0 atom stereocenters. The molecule has 0 radical (unpaired) electrons. The number of carbonyl (C=O) groups is 3. The van der Waals surface area contributed by atoms with Crippen LogP contribution in [-0.2, 0) is 14.4 Å². The van der Waals surface area contributed by atoms with Gasteiger partial charge in [0.2, 0.25) is 5.91 Å². The minimum atomic E-state index is -1.14. The largest absolute Gasteiger partial charge is 0.481 e. The Labute approximate surface area is 69.8 Å². The summed E-state index contributed by atoms with van der Waals surface area (Å²) in [6.07, 6.45) is -0.397. The van der Waals surface area contributed by atoms with Crippen LogP contribution in [0.3, 0.4) is 0 Å². The van der Waals surface area contributed by atoms with Crippen LogP contribution in [0.25, 0.3) is 0 Å². The summed E-state index contributed by atoms with van der Waals surface area (Å²) in [4.78, 5) is 31.0. The van der Waals surface area contributed by atoms with Gasteiger partial charge in [-0.3, -0.25) is 14.4 Å². The minimum absolute atomic E-state index is 0.0753. The van der Waals surface area contributed by atoms with E-state index in [1.165, 1.54) is 6.92 Å². The van der Waals surface area contributed by atoms with Gasteiger partial charge in [0.15, 0.2) is 0 Å². The smallest absolute Gasteiger partial charge is 0.310 e. The van der Waals surface area contributed by atoms with E-state index >= 15 is 0 Å². The third kappa shape index (κ3) is 6.73. The number of hydrogen-bond donors (Lipinski definition) is 2. The number of ketones is 1. The zero-order valence-electron chi connectivity index (χ0n) is 6.79. The van der Waals surface area contributed by atoms with E-state index in [9.17, 15) is 14.4 Å². The molecule has 0 unspecified atom stereocenters. The Balaban J connectivity index is 3.44. The van der Waals surface area contributed by atoms with Crippen LogP contribution in [0.15, 0.2) is 0 Å². The first-order valence-corrected chi connectivity index (χ1v) is 3.50. The van der Waals surface area contributed by atoms with E-state index in [1.807, 2.05) is 0 Å². The zero-order valence-corrected chi connectivity index (χ0v) is 6.79. The minimum Gasteiger partial charge on any atom is -0.481 e. The number of aliphatic carboxylic acids is 1. The van der Waals surface area contributed by atoms with Gasteiger partial charge >= 0.3 is 5.97 Å². The van der Waals surface area contributed by atoms with Crippen LogP contribution in [0.4, 0.5) is 0 Å². The molecule has 0 aliphatic carbocycles. The molecule has 0 aromatic carbocycles. The third-order valence-corrected chi connectivity index (χ3v) is 1.13. The van der Waals surface area contributed by atoms with Crippen molar-refractivity contribution >= 4 is 17.7 Å². The summed E-state index contributed by atoms with van der Waals surface area (Å²) in [6.45, 7) is 1.54. The number of rotatable bonds is 5. The number of carbonyl (C=O) groups excluding carboxylic acids is 2. The van der Waals surface area contributed by atoms with Gasteiger partial charge in [-0.1, -0.05) is 0 Å². The Morgan fingerprint density at radius 2 is 1.92 bits per heavy atom. The molecule has 0 aromatic heterocycles. The van der Waals surface area contributed by atoms with Gasteiger partial charge in [-0.15, -0.1) is 0 Å². The van der Waals surface area contributed by atoms with Gasteiger partial charge in [0, 0.05) is 19.9 Å². The lowest BCUT2D eigenvalue weighted by Gasteiger charge is -1.98. The standard InChI is InChI=1S/C7H11NO4/c1-5(9)8-3-2-6(10)4-7(11)12/h2-4H2,1H3,(H,8,9)(H,11,12). The normalized spacial score (nSPS) is 9.08. The van der Waals surface area contributed by atoms with Crippen LogP contribution < -0.4 is 5.32 Å². The molecular formula is C7H11NO4. The molecule has 5 nitrogen and oxygen atoms in total. The van der Waals surface area contributed by atoms with Gasteiger partial charge in [0.25, 0.3) is 0 Å². The summed E-state index contributed by atoms with van der Waals surface area (Å²) in [7, 11) is 0. The maximum absolute atomic E-state index is 10.7. The fraction of sp³-hybridized carbons (Fsp3) is 0.571. The SMILES string of the molecule is CC(=O)NCCC(=O)CC(=O)O. The lowest BCUT2D eigenvalue weighted by molar-refractivity contribution is -0.140. The maximum Gasteiger partial charge on any atom is 0.310 e. The molecule has 0 heterocycles. The van der Waals surface area contributed by atoms with Gasteiger partial charge in [0.05, 0.1) is 0 Å². The molecule has 0 aliphatic rings. The Kier molecular flexibility index (Phi) is 4.67. The van der Waals surface area contributed by atoms with E-state index in [4.69, 9.17) is 5.11 Å². The Morgan fingerprint density at radius 1 is 1.33 bits per heavy atom. The van der Waals surface area contributed by atoms with Gasteiger partial charge in [-0.25, -0.2) is 0 Å². The molecule has 5 heteroatoms. The lowest BCUT2D eigenvalue weighted by atomic mass is 10.2. The van der Waals surface area contributed by atoms with Gasteiger partial charge in [-0.2, -0.15) is 0 Å². The second-order valence-electron chi connectivity index (χ2n) is 2.34. The predicted molar refractivity (Wildman–Crippen MR) is 40.6 cm³/mol. The molecule has 0 saturated heterocycles. The fourth-order valence-corrected chi connectivity index (χ4v) is 0.635. The van der Waals surface area contributed by atoms with E-state index in [0.717, 1.165) is 0 Å². The molecule has 0 rings (SSSR count). The zero-order chi connectivity index (χ0) is 9.56. The van der Waals surface area contributed by atoms with Gasteiger partial charge < -0.3 is 10.4 Å². The van der Waals surface area contributed by atoms with Gasteiger partial charge in [0.1, 0.15) is 12.2 Å². The van der Waals surface area contributed by atoms with E-state index in [1.54, 1.807) is 0 Å². The van der Waals surface area contributed by atoms with Crippen LogP contribution in [0, 0.1) is 0 Å². The third-order valence-electron chi connectivity index (χ3n) is 1.13.